The smallest absolute Gasteiger partial charge is 0.0946 e. The fourth-order valence-corrected chi connectivity index (χ4v) is 3.72. The number of nitrogens with zero attached hydrogens (tertiary/aromatic N) is 3. The summed E-state index contributed by atoms with van der Waals surface area (Å²) >= 11 is 1.82. The molecule has 0 saturated carbocycles. The lowest BCUT2D eigenvalue weighted by atomic mass is 10.0. The molecule has 1 atom stereocenters. The molecule has 1 unspecified atom stereocenters. The van der Waals surface area contributed by atoms with Crippen molar-refractivity contribution in [1.29, 1.82) is 0 Å². The molecule has 0 aliphatic carbocycles. The first-order valence-corrected chi connectivity index (χ1v) is 8.39. The molecule has 0 spiro atoms. The van der Waals surface area contributed by atoms with Gasteiger partial charge in [-0.1, -0.05) is 6.92 Å². The van der Waals surface area contributed by atoms with Crippen molar-refractivity contribution < 1.29 is 0 Å². The Morgan fingerprint density at radius 3 is 2.33 bits per heavy atom. The minimum atomic E-state index is 0.418. The van der Waals surface area contributed by atoms with Crippen LogP contribution < -0.4 is 5.32 Å². The number of likely N-dealkylation sites (N-methyl/N-ethyl adjacent to an activating group) is 1. The zero-order valence-electron chi connectivity index (χ0n) is 13.9. The molecule has 2 aromatic rings. The average Bonchev–Trinajstić information content (AvgIpc) is 2.84. The average molecular weight is 306 g/mol. The van der Waals surface area contributed by atoms with Gasteiger partial charge >= 0.3 is 0 Å². The molecule has 0 amide bonds. The van der Waals surface area contributed by atoms with Gasteiger partial charge in [-0.25, -0.2) is 4.98 Å². The van der Waals surface area contributed by atoms with Gasteiger partial charge in [0.25, 0.3) is 0 Å². The topological polar surface area (TPSA) is 42.7 Å². The Bertz CT molecular complexity index is 593. The molecule has 0 aromatic carbocycles. The van der Waals surface area contributed by atoms with E-state index in [-0.39, 0.29) is 0 Å². The van der Waals surface area contributed by atoms with Crippen LogP contribution in [-0.2, 0) is 19.9 Å². The number of hydrogen-bond donors (Lipinski definition) is 1. The Hall–Kier alpha value is -1.20. The van der Waals surface area contributed by atoms with Gasteiger partial charge in [0.2, 0.25) is 0 Å². The predicted molar refractivity (Wildman–Crippen MR) is 89.1 cm³/mol. The first kappa shape index (κ1) is 16.2. The van der Waals surface area contributed by atoms with Crippen LogP contribution in [0, 0.1) is 27.7 Å². The number of hydrogen-bond acceptors (Lipinski definition) is 4. The van der Waals surface area contributed by atoms with Gasteiger partial charge in [-0.3, -0.25) is 4.68 Å². The van der Waals surface area contributed by atoms with Crippen LogP contribution in [0.4, 0.5) is 0 Å². The number of aromatic nitrogens is 3. The van der Waals surface area contributed by atoms with Gasteiger partial charge in [0, 0.05) is 30.1 Å². The highest BCUT2D eigenvalue weighted by atomic mass is 32.1. The lowest BCUT2D eigenvalue weighted by Crippen LogP contribution is -2.33. The fraction of sp³-hybridized carbons (Fsp3) is 0.625. The molecule has 0 bridgehead atoms. The van der Waals surface area contributed by atoms with Gasteiger partial charge < -0.3 is 5.32 Å². The predicted octanol–water partition coefficient (Wildman–Crippen LogP) is 2.87. The minimum Gasteiger partial charge on any atom is -0.314 e. The maximum atomic E-state index is 4.68. The highest BCUT2D eigenvalue weighted by Crippen LogP contribution is 2.20. The van der Waals surface area contributed by atoms with Crippen LogP contribution in [0.2, 0.25) is 0 Å². The molecule has 0 radical (unpaired) electrons. The first-order valence-electron chi connectivity index (χ1n) is 7.57. The van der Waals surface area contributed by atoms with Crippen molar-refractivity contribution in [2.75, 3.05) is 6.54 Å². The largest absolute Gasteiger partial charge is 0.314 e. The molecule has 1 N–H and O–H groups in total. The van der Waals surface area contributed by atoms with Gasteiger partial charge in [0.1, 0.15) is 0 Å². The summed E-state index contributed by atoms with van der Waals surface area (Å²) in [5.74, 6) is 0. The van der Waals surface area contributed by atoms with Crippen LogP contribution in [0.25, 0.3) is 0 Å². The standard InChI is InChI=1S/C16H26N4S/c1-7-17-14(9-16-18-10(2)13(5)21-16)8-15-11(3)19-20(6)12(15)4/h14,17H,7-9H2,1-6H3. The maximum Gasteiger partial charge on any atom is 0.0946 e. The van der Waals surface area contributed by atoms with Crippen LogP contribution in [0.5, 0.6) is 0 Å². The summed E-state index contributed by atoms with van der Waals surface area (Å²) in [5, 5.41) is 9.36. The number of rotatable bonds is 6. The second kappa shape index (κ2) is 6.71. The van der Waals surface area contributed by atoms with E-state index in [1.54, 1.807) is 0 Å². The van der Waals surface area contributed by atoms with Gasteiger partial charge in [0.05, 0.1) is 16.4 Å². The molecular weight excluding hydrogens is 280 g/mol. The third-order valence-corrected chi connectivity index (χ3v) is 5.19. The highest BCUT2D eigenvalue weighted by Gasteiger charge is 2.17. The normalized spacial score (nSPS) is 12.9. The molecule has 2 aromatic heterocycles. The van der Waals surface area contributed by atoms with Crippen molar-refractivity contribution in [3.8, 4) is 0 Å². The van der Waals surface area contributed by atoms with Crippen molar-refractivity contribution >= 4 is 11.3 Å². The first-order chi connectivity index (χ1) is 9.92. The lowest BCUT2D eigenvalue weighted by molar-refractivity contribution is 0.518. The van der Waals surface area contributed by atoms with E-state index in [2.05, 4.69) is 50.0 Å². The molecule has 21 heavy (non-hydrogen) atoms. The molecule has 5 heteroatoms. The number of aryl methyl sites for hydroxylation is 4. The lowest BCUT2D eigenvalue weighted by Gasteiger charge is -2.17. The van der Waals surface area contributed by atoms with Crippen LogP contribution in [0.3, 0.4) is 0 Å². The summed E-state index contributed by atoms with van der Waals surface area (Å²) < 4.78 is 1.98. The second-order valence-corrected chi connectivity index (χ2v) is 6.97. The van der Waals surface area contributed by atoms with Gasteiger partial charge in [0.15, 0.2) is 0 Å². The molecule has 0 fully saturated rings. The molecular formula is C16H26N4S. The molecule has 4 nitrogen and oxygen atoms in total. The fourth-order valence-electron chi connectivity index (χ4n) is 2.70. The third-order valence-electron chi connectivity index (χ3n) is 4.10. The molecule has 2 rings (SSSR count). The Labute approximate surface area is 131 Å². The summed E-state index contributed by atoms with van der Waals surface area (Å²) in [4.78, 5) is 6.01. The Morgan fingerprint density at radius 1 is 1.14 bits per heavy atom. The Balaban J connectivity index is 2.15. The second-order valence-electron chi connectivity index (χ2n) is 5.69. The van der Waals surface area contributed by atoms with Crippen molar-refractivity contribution in [2.24, 2.45) is 7.05 Å². The van der Waals surface area contributed by atoms with Crippen molar-refractivity contribution in [3.63, 3.8) is 0 Å². The van der Waals surface area contributed by atoms with Gasteiger partial charge in [-0.2, -0.15) is 5.10 Å². The van der Waals surface area contributed by atoms with Crippen LogP contribution in [-0.4, -0.2) is 27.4 Å². The van der Waals surface area contributed by atoms with Crippen LogP contribution in [0.1, 0.15) is 39.5 Å². The summed E-state index contributed by atoms with van der Waals surface area (Å²) in [5.41, 5.74) is 4.94. The third kappa shape index (κ3) is 3.71. The summed E-state index contributed by atoms with van der Waals surface area (Å²) in [6, 6.07) is 0.418. The molecule has 0 aliphatic rings. The van der Waals surface area contributed by atoms with E-state index in [0.717, 1.165) is 25.1 Å². The minimum absolute atomic E-state index is 0.418. The number of nitrogens with one attached hydrogen (secondary N) is 1. The van der Waals surface area contributed by atoms with E-state index in [4.69, 9.17) is 0 Å². The summed E-state index contributed by atoms with van der Waals surface area (Å²) in [7, 11) is 2.02. The summed E-state index contributed by atoms with van der Waals surface area (Å²) in [6.07, 6.45) is 2.00. The SMILES string of the molecule is CCNC(Cc1nc(C)c(C)s1)Cc1c(C)nn(C)c1C. The van der Waals surface area contributed by atoms with E-state index < -0.39 is 0 Å². The van der Waals surface area contributed by atoms with Crippen LogP contribution >= 0.6 is 11.3 Å². The molecule has 116 valence electrons. The van der Waals surface area contributed by atoms with Gasteiger partial charge in [-0.05, 0) is 46.2 Å². The maximum absolute atomic E-state index is 4.68. The van der Waals surface area contributed by atoms with Crippen molar-refractivity contribution in [2.45, 2.75) is 53.5 Å². The number of thiazole rings is 1. The Kier molecular flexibility index (Phi) is 5.17. The zero-order chi connectivity index (χ0) is 15.6. The van der Waals surface area contributed by atoms with Gasteiger partial charge in [-0.15, -0.1) is 11.3 Å². The monoisotopic (exact) mass is 306 g/mol. The van der Waals surface area contributed by atoms with Crippen LogP contribution in [0.15, 0.2) is 0 Å². The Morgan fingerprint density at radius 2 is 1.86 bits per heavy atom. The highest BCUT2D eigenvalue weighted by molar-refractivity contribution is 7.11. The van der Waals surface area contributed by atoms with E-state index in [1.807, 2.05) is 23.1 Å². The van der Waals surface area contributed by atoms with E-state index in [1.165, 1.54) is 26.8 Å². The molecule has 0 saturated heterocycles. The molecule has 0 aliphatic heterocycles. The van der Waals surface area contributed by atoms with Crippen molar-refractivity contribution in [1.82, 2.24) is 20.1 Å². The van der Waals surface area contributed by atoms with E-state index in [0.29, 0.717) is 6.04 Å². The summed E-state index contributed by atoms with van der Waals surface area (Å²) in [6.45, 7) is 11.6. The molecule has 2 heterocycles. The van der Waals surface area contributed by atoms with E-state index in [9.17, 15) is 0 Å². The van der Waals surface area contributed by atoms with Crippen molar-refractivity contribution in [3.05, 3.63) is 32.5 Å². The zero-order valence-corrected chi connectivity index (χ0v) is 14.8. The van der Waals surface area contributed by atoms with E-state index >= 15 is 0 Å². The quantitative estimate of drug-likeness (QED) is 0.892.